The number of likely N-dealkylation sites (tertiary alicyclic amines) is 1. The van der Waals surface area contributed by atoms with Crippen LogP contribution in [0.4, 0.5) is 11.4 Å². The lowest BCUT2D eigenvalue weighted by atomic mass is 9.99. The third kappa shape index (κ3) is 14.8. The first-order chi connectivity index (χ1) is 20.6. The zero-order chi connectivity index (χ0) is 32.8. The standard InChI is InChI=1S/C19H31N3O.C13H20N4O.C2H6/c1-7-11-17(19(20)14-23)13-12-16(8-2)18(9-3)15(5)21-22(6)10-4;1-10-12(14-2)7-11(8-15-10)16-13(18)9-17-5-3-4-6-17;1-2/h8-9,12-14H,7,10-11,20H2,1-6H3;7-8,14H,3-6,9H2,1-2H3,(H,16,18);1-2H3/b13-12-,16-8+,18-9+,19-17+,21-15-;;. The average Bonchev–Trinajstić information content (AvgIpc) is 3.53. The molecule has 0 saturated carbocycles. The molecular weight excluding hydrogens is 538 g/mol. The first kappa shape index (κ1) is 39.3. The molecule has 0 aromatic carbocycles. The monoisotopic (exact) mass is 595 g/mol. The number of aldehydes is 1. The summed E-state index contributed by atoms with van der Waals surface area (Å²) in [6.07, 6.45) is 14.6. The van der Waals surface area contributed by atoms with Gasteiger partial charge in [0.1, 0.15) is 0 Å². The Balaban J connectivity index is 0.000000791. The molecule has 1 aromatic heterocycles. The highest BCUT2D eigenvalue weighted by atomic mass is 16.2. The third-order valence-corrected chi connectivity index (χ3v) is 6.77. The van der Waals surface area contributed by atoms with Gasteiger partial charge in [0, 0.05) is 26.2 Å². The molecule has 0 bridgehead atoms. The van der Waals surface area contributed by atoms with Crippen molar-refractivity contribution in [2.75, 3.05) is 50.9 Å². The number of rotatable bonds is 13. The number of nitrogens with one attached hydrogen (secondary N) is 2. The molecule has 2 heterocycles. The Kier molecular flexibility index (Phi) is 20.8. The maximum Gasteiger partial charge on any atom is 0.238 e. The first-order valence-corrected chi connectivity index (χ1v) is 15.5. The van der Waals surface area contributed by atoms with Crippen LogP contribution in [0.15, 0.2) is 64.1 Å². The molecular formula is C34H57N7O2. The highest BCUT2D eigenvalue weighted by molar-refractivity contribution is 6.02. The van der Waals surface area contributed by atoms with Crippen molar-refractivity contribution in [2.45, 2.75) is 81.1 Å². The van der Waals surface area contributed by atoms with Gasteiger partial charge in [-0.25, -0.2) is 0 Å². The van der Waals surface area contributed by atoms with E-state index in [0.717, 1.165) is 72.0 Å². The molecule has 1 aliphatic rings. The van der Waals surface area contributed by atoms with Crippen LogP contribution in [0.1, 0.15) is 79.8 Å². The number of carbonyl (C=O) groups is 2. The van der Waals surface area contributed by atoms with Gasteiger partial charge >= 0.3 is 0 Å². The highest BCUT2D eigenvalue weighted by Gasteiger charge is 2.15. The fraction of sp³-hybridized carbons (Fsp3) is 0.529. The molecule has 0 radical (unpaired) electrons. The number of allylic oxidation sites excluding steroid dienone is 8. The van der Waals surface area contributed by atoms with Gasteiger partial charge in [-0.1, -0.05) is 51.5 Å². The van der Waals surface area contributed by atoms with E-state index in [0.29, 0.717) is 18.5 Å². The van der Waals surface area contributed by atoms with Crippen LogP contribution >= 0.6 is 0 Å². The van der Waals surface area contributed by atoms with Crippen molar-refractivity contribution in [1.82, 2.24) is 14.9 Å². The minimum absolute atomic E-state index is 0.0320. The number of carbonyl (C=O) groups excluding carboxylic acids is 2. The fourth-order valence-electron chi connectivity index (χ4n) is 4.36. The smallest absolute Gasteiger partial charge is 0.238 e. The van der Waals surface area contributed by atoms with Crippen molar-refractivity contribution >= 4 is 29.3 Å². The summed E-state index contributed by atoms with van der Waals surface area (Å²) in [5, 5.41) is 12.4. The number of nitrogens with two attached hydrogens (primary N) is 1. The predicted molar refractivity (Wildman–Crippen MR) is 184 cm³/mol. The van der Waals surface area contributed by atoms with E-state index in [2.05, 4.69) is 39.5 Å². The summed E-state index contributed by atoms with van der Waals surface area (Å²) < 4.78 is 0. The Morgan fingerprint density at radius 2 is 1.81 bits per heavy atom. The minimum Gasteiger partial charge on any atom is -0.396 e. The van der Waals surface area contributed by atoms with Crippen LogP contribution in [0, 0.1) is 6.92 Å². The number of hydrazone groups is 1. The molecule has 1 saturated heterocycles. The molecule has 2 rings (SSSR count). The topological polar surface area (TPSA) is 116 Å². The number of anilines is 2. The molecule has 1 fully saturated rings. The van der Waals surface area contributed by atoms with Crippen molar-refractivity contribution in [3.05, 3.63) is 64.7 Å². The maximum atomic E-state index is 11.9. The number of aryl methyl sites for hydroxylation is 1. The van der Waals surface area contributed by atoms with Gasteiger partial charge in [0.15, 0.2) is 6.29 Å². The molecule has 0 spiro atoms. The quantitative estimate of drug-likeness (QED) is 0.0787. The van der Waals surface area contributed by atoms with Crippen LogP contribution in [0.5, 0.6) is 0 Å². The maximum absolute atomic E-state index is 11.9. The van der Waals surface area contributed by atoms with Gasteiger partial charge in [-0.2, -0.15) is 5.10 Å². The molecule has 9 heteroatoms. The van der Waals surface area contributed by atoms with E-state index >= 15 is 0 Å². The van der Waals surface area contributed by atoms with Crippen molar-refractivity contribution < 1.29 is 9.59 Å². The number of nitrogens with zero attached hydrogens (tertiary/aromatic N) is 4. The minimum atomic E-state index is 0.0320. The Hall–Kier alpha value is -3.72. The lowest BCUT2D eigenvalue weighted by molar-refractivity contribution is -0.117. The molecule has 9 nitrogen and oxygen atoms in total. The molecule has 240 valence electrons. The van der Waals surface area contributed by atoms with Crippen LogP contribution in [0.25, 0.3) is 0 Å². The number of aromatic nitrogens is 1. The average molecular weight is 596 g/mol. The van der Waals surface area contributed by atoms with Gasteiger partial charge in [0.25, 0.3) is 0 Å². The van der Waals surface area contributed by atoms with Gasteiger partial charge in [-0.3, -0.25) is 19.5 Å². The van der Waals surface area contributed by atoms with Crippen molar-refractivity contribution in [3.63, 3.8) is 0 Å². The molecule has 1 aromatic rings. The Morgan fingerprint density at radius 1 is 1.16 bits per heavy atom. The second kappa shape index (κ2) is 22.8. The van der Waals surface area contributed by atoms with Crippen LogP contribution in [0.3, 0.4) is 0 Å². The Morgan fingerprint density at radius 3 is 2.33 bits per heavy atom. The van der Waals surface area contributed by atoms with Crippen LogP contribution in [-0.2, 0) is 9.59 Å². The van der Waals surface area contributed by atoms with E-state index in [1.807, 2.05) is 91.0 Å². The van der Waals surface area contributed by atoms with Gasteiger partial charge in [0.05, 0.1) is 41.2 Å². The lowest BCUT2D eigenvalue weighted by Crippen LogP contribution is -2.30. The van der Waals surface area contributed by atoms with E-state index in [9.17, 15) is 9.59 Å². The van der Waals surface area contributed by atoms with Gasteiger partial charge in [-0.05, 0) is 84.2 Å². The van der Waals surface area contributed by atoms with E-state index in [4.69, 9.17) is 5.73 Å². The lowest BCUT2D eigenvalue weighted by Gasteiger charge is -2.14. The second-order valence-corrected chi connectivity index (χ2v) is 9.93. The molecule has 43 heavy (non-hydrogen) atoms. The molecule has 4 N–H and O–H groups in total. The SMILES string of the molecule is C/C=C(C(\C)=N/N(C)CC)/C(/C=C\C(CCC)=C(\N)C=O)=C/C.CC.CNc1cc(NC(=O)CN2CCCC2)cnc1C. The summed E-state index contributed by atoms with van der Waals surface area (Å²) >= 11 is 0. The van der Waals surface area contributed by atoms with Crippen molar-refractivity contribution in [1.29, 1.82) is 0 Å². The summed E-state index contributed by atoms with van der Waals surface area (Å²) in [5.74, 6) is 0.0320. The largest absolute Gasteiger partial charge is 0.396 e. The van der Waals surface area contributed by atoms with Crippen LogP contribution < -0.4 is 16.4 Å². The van der Waals surface area contributed by atoms with Crippen LogP contribution in [-0.4, -0.2) is 73.1 Å². The summed E-state index contributed by atoms with van der Waals surface area (Å²) in [5.41, 5.74) is 12.7. The molecule has 0 atom stereocenters. The summed E-state index contributed by atoms with van der Waals surface area (Å²) in [4.78, 5) is 29.2. The van der Waals surface area contributed by atoms with E-state index in [-0.39, 0.29) is 5.91 Å². The zero-order valence-electron chi connectivity index (χ0n) is 28.4. The van der Waals surface area contributed by atoms with Crippen molar-refractivity contribution in [3.8, 4) is 0 Å². The van der Waals surface area contributed by atoms with Gasteiger partial charge in [0.2, 0.25) is 5.91 Å². The predicted octanol–water partition coefficient (Wildman–Crippen LogP) is 6.47. The number of hydrogen-bond acceptors (Lipinski definition) is 8. The molecule has 0 unspecified atom stereocenters. The summed E-state index contributed by atoms with van der Waals surface area (Å²) in [6, 6.07) is 1.91. The molecule has 0 aliphatic carbocycles. The van der Waals surface area contributed by atoms with Crippen molar-refractivity contribution in [2.24, 2.45) is 10.8 Å². The Bertz CT molecular complexity index is 1140. The molecule has 1 aliphatic heterocycles. The van der Waals surface area contributed by atoms with E-state index < -0.39 is 0 Å². The Labute approximate surface area is 261 Å². The number of hydrogen-bond donors (Lipinski definition) is 3. The van der Waals surface area contributed by atoms with E-state index in [1.54, 1.807) is 6.20 Å². The van der Waals surface area contributed by atoms with E-state index in [1.165, 1.54) is 12.8 Å². The van der Waals surface area contributed by atoms with Gasteiger partial charge < -0.3 is 21.4 Å². The van der Waals surface area contributed by atoms with Gasteiger partial charge in [-0.15, -0.1) is 0 Å². The third-order valence-electron chi connectivity index (χ3n) is 6.77. The summed E-state index contributed by atoms with van der Waals surface area (Å²) in [6.45, 7) is 19.4. The zero-order valence-corrected chi connectivity index (χ0v) is 28.4. The summed E-state index contributed by atoms with van der Waals surface area (Å²) in [7, 11) is 3.80. The highest BCUT2D eigenvalue weighted by Crippen LogP contribution is 2.18. The second-order valence-electron chi connectivity index (χ2n) is 9.93. The normalized spacial score (nSPS) is 14.7. The molecule has 1 amide bonds. The first-order valence-electron chi connectivity index (χ1n) is 15.5. The number of amides is 1. The number of pyridine rings is 1. The fourth-order valence-corrected chi connectivity index (χ4v) is 4.36. The van der Waals surface area contributed by atoms with Crippen LogP contribution in [0.2, 0.25) is 0 Å².